The van der Waals surface area contributed by atoms with E-state index in [1.54, 1.807) is 11.0 Å². The molecule has 0 unspecified atom stereocenters. The summed E-state index contributed by atoms with van der Waals surface area (Å²) < 4.78 is 0. The largest absolute Gasteiger partial charge is 0.366 e. The fourth-order valence-electron chi connectivity index (χ4n) is 1.53. The number of hydrogen-bond donors (Lipinski definition) is 2. The van der Waals surface area contributed by atoms with E-state index >= 15 is 0 Å². The Morgan fingerprint density at radius 1 is 1.47 bits per heavy atom. The molecular weight excluding hydrogens is 258 g/mol. The van der Waals surface area contributed by atoms with Gasteiger partial charge in [-0.15, -0.1) is 0 Å². The maximum absolute atomic E-state index is 11.1. The standard InChI is InChI=1S/C11H10ClN3OS/c12-8-3-1-2-4-9(8)15-6-7(10(13)16)5-14-11(15)17/h1-5H,6H2,(H2,13,16)(H,14,17). The minimum atomic E-state index is -0.475. The normalized spacial score (nSPS) is 15.2. The van der Waals surface area contributed by atoms with Crippen LogP contribution in [0.25, 0.3) is 0 Å². The molecule has 0 saturated carbocycles. The number of nitrogens with two attached hydrogens (primary N) is 1. The number of nitrogens with one attached hydrogen (secondary N) is 1. The second kappa shape index (κ2) is 4.73. The molecular formula is C11H10ClN3OS. The summed E-state index contributed by atoms with van der Waals surface area (Å²) in [5.41, 5.74) is 6.45. The molecule has 88 valence electrons. The first-order valence-corrected chi connectivity index (χ1v) is 5.69. The van der Waals surface area contributed by atoms with Crippen LogP contribution < -0.4 is 16.0 Å². The highest BCUT2D eigenvalue weighted by Crippen LogP contribution is 2.26. The van der Waals surface area contributed by atoms with Crippen molar-refractivity contribution in [1.82, 2.24) is 5.32 Å². The Hall–Kier alpha value is -1.59. The molecule has 0 atom stereocenters. The first-order chi connectivity index (χ1) is 8.09. The third kappa shape index (κ3) is 2.40. The van der Waals surface area contributed by atoms with Crippen LogP contribution >= 0.6 is 23.8 Å². The van der Waals surface area contributed by atoms with Crippen LogP contribution in [0.15, 0.2) is 36.0 Å². The number of anilines is 1. The van der Waals surface area contributed by atoms with E-state index in [0.717, 1.165) is 5.69 Å². The van der Waals surface area contributed by atoms with Crippen molar-refractivity contribution >= 4 is 40.5 Å². The Balaban J connectivity index is 2.34. The first-order valence-electron chi connectivity index (χ1n) is 4.91. The Kier molecular flexibility index (Phi) is 3.31. The molecule has 6 heteroatoms. The van der Waals surface area contributed by atoms with E-state index in [1.165, 1.54) is 6.20 Å². The van der Waals surface area contributed by atoms with Gasteiger partial charge in [-0.1, -0.05) is 23.7 Å². The van der Waals surface area contributed by atoms with E-state index in [-0.39, 0.29) is 0 Å². The molecule has 3 N–H and O–H groups in total. The fraction of sp³-hybridized carbons (Fsp3) is 0.0909. The number of hydrogen-bond acceptors (Lipinski definition) is 2. The van der Waals surface area contributed by atoms with Crippen LogP contribution in [0.2, 0.25) is 5.02 Å². The van der Waals surface area contributed by atoms with Crippen LogP contribution in [0.5, 0.6) is 0 Å². The van der Waals surface area contributed by atoms with Gasteiger partial charge in [0.15, 0.2) is 5.11 Å². The van der Waals surface area contributed by atoms with E-state index in [2.05, 4.69) is 5.32 Å². The van der Waals surface area contributed by atoms with Crippen molar-refractivity contribution in [3.8, 4) is 0 Å². The molecule has 0 fully saturated rings. The lowest BCUT2D eigenvalue weighted by Gasteiger charge is -2.29. The summed E-state index contributed by atoms with van der Waals surface area (Å²) in [7, 11) is 0. The van der Waals surface area contributed by atoms with Gasteiger partial charge >= 0.3 is 0 Å². The van der Waals surface area contributed by atoms with E-state index in [1.807, 2.05) is 18.2 Å². The second-order valence-corrected chi connectivity index (χ2v) is 4.31. The van der Waals surface area contributed by atoms with Crippen LogP contribution in [0.3, 0.4) is 0 Å². The summed E-state index contributed by atoms with van der Waals surface area (Å²) >= 11 is 11.3. The number of rotatable bonds is 2. The molecule has 17 heavy (non-hydrogen) atoms. The van der Waals surface area contributed by atoms with Crippen LogP contribution in [-0.4, -0.2) is 17.6 Å². The van der Waals surface area contributed by atoms with Crippen molar-refractivity contribution in [2.75, 3.05) is 11.4 Å². The van der Waals surface area contributed by atoms with Gasteiger partial charge in [0, 0.05) is 6.20 Å². The molecule has 2 rings (SSSR count). The minimum absolute atomic E-state index is 0.324. The number of benzene rings is 1. The van der Waals surface area contributed by atoms with Crippen LogP contribution in [0.1, 0.15) is 0 Å². The molecule has 0 bridgehead atoms. The summed E-state index contributed by atoms with van der Waals surface area (Å²) in [6.07, 6.45) is 1.53. The summed E-state index contributed by atoms with van der Waals surface area (Å²) in [6.45, 7) is 0.324. The van der Waals surface area contributed by atoms with Crippen molar-refractivity contribution in [2.45, 2.75) is 0 Å². The van der Waals surface area contributed by atoms with Gasteiger partial charge in [-0.2, -0.15) is 0 Å². The van der Waals surface area contributed by atoms with Gasteiger partial charge in [-0.3, -0.25) is 4.79 Å². The average Bonchev–Trinajstić information content (AvgIpc) is 2.30. The van der Waals surface area contributed by atoms with Crippen molar-refractivity contribution in [2.24, 2.45) is 5.73 Å². The van der Waals surface area contributed by atoms with Crippen molar-refractivity contribution in [3.05, 3.63) is 41.1 Å². The molecule has 1 amide bonds. The van der Waals surface area contributed by atoms with Crippen LogP contribution in [0, 0.1) is 0 Å². The number of halogens is 1. The molecule has 0 saturated heterocycles. The van der Waals surface area contributed by atoms with Gasteiger partial charge in [0.05, 0.1) is 22.8 Å². The highest BCUT2D eigenvalue weighted by molar-refractivity contribution is 7.80. The molecule has 4 nitrogen and oxygen atoms in total. The van der Waals surface area contributed by atoms with E-state index in [4.69, 9.17) is 29.6 Å². The minimum Gasteiger partial charge on any atom is -0.366 e. The number of amides is 1. The Morgan fingerprint density at radius 3 is 2.82 bits per heavy atom. The number of para-hydroxylation sites is 1. The van der Waals surface area contributed by atoms with Gasteiger partial charge in [0.2, 0.25) is 5.91 Å². The van der Waals surface area contributed by atoms with E-state index in [9.17, 15) is 4.79 Å². The van der Waals surface area contributed by atoms with Gasteiger partial charge in [0.1, 0.15) is 0 Å². The highest BCUT2D eigenvalue weighted by atomic mass is 35.5. The summed E-state index contributed by atoms with van der Waals surface area (Å²) in [5, 5.41) is 3.89. The third-order valence-corrected chi connectivity index (χ3v) is 3.06. The molecule has 1 aliphatic rings. The Bertz CT molecular complexity index is 515. The monoisotopic (exact) mass is 267 g/mol. The molecule has 1 aromatic rings. The predicted molar refractivity (Wildman–Crippen MR) is 71.8 cm³/mol. The topological polar surface area (TPSA) is 58.4 Å². The molecule has 1 aromatic carbocycles. The molecule has 0 aliphatic carbocycles. The molecule has 1 aliphatic heterocycles. The van der Waals surface area contributed by atoms with Gasteiger partial charge in [-0.25, -0.2) is 0 Å². The first kappa shape index (κ1) is 11.9. The number of nitrogens with zero attached hydrogens (tertiary/aromatic N) is 1. The van der Waals surface area contributed by atoms with Crippen LogP contribution in [-0.2, 0) is 4.79 Å². The Labute approximate surface area is 109 Å². The zero-order valence-corrected chi connectivity index (χ0v) is 10.4. The summed E-state index contributed by atoms with van der Waals surface area (Å²) in [6, 6.07) is 7.28. The van der Waals surface area contributed by atoms with Crippen molar-refractivity contribution in [3.63, 3.8) is 0 Å². The van der Waals surface area contributed by atoms with E-state index in [0.29, 0.717) is 22.3 Å². The van der Waals surface area contributed by atoms with Crippen molar-refractivity contribution in [1.29, 1.82) is 0 Å². The van der Waals surface area contributed by atoms with Gasteiger partial charge < -0.3 is 16.0 Å². The number of carbonyl (C=O) groups is 1. The lowest BCUT2D eigenvalue weighted by atomic mass is 10.2. The number of carbonyl (C=O) groups excluding carboxylic acids is 1. The predicted octanol–water partition coefficient (Wildman–Crippen LogP) is 1.40. The number of thiocarbonyl (C=S) groups is 1. The zero-order valence-electron chi connectivity index (χ0n) is 8.81. The van der Waals surface area contributed by atoms with Crippen molar-refractivity contribution < 1.29 is 4.79 Å². The lowest BCUT2D eigenvalue weighted by Crippen LogP contribution is -2.45. The second-order valence-electron chi connectivity index (χ2n) is 3.52. The summed E-state index contributed by atoms with van der Waals surface area (Å²) in [4.78, 5) is 12.9. The SMILES string of the molecule is NC(=O)C1=CNC(=S)N(c2ccccc2Cl)C1. The average molecular weight is 268 g/mol. The van der Waals surface area contributed by atoms with Gasteiger partial charge in [-0.05, 0) is 24.4 Å². The van der Waals surface area contributed by atoms with Gasteiger partial charge in [0.25, 0.3) is 0 Å². The lowest BCUT2D eigenvalue weighted by molar-refractivity contribution is -0.114. The highest BCUT2D eigenvalue weighted by Gasteiger charge is 2.22. The van der Waals surface area contributed by atoms with Crippen LogP contribution in [0.4, 0.5) is 5.69 Å². The molecule has 0 aromatic heterocycles. The zero-order chi connectivity index (χ0) is 12.4. The maximum atomic E-state index is 11.1. The quantitative estimate of drug-likeness (QED) is 0.796. The third-order valence-electron chi connectivity index (χ3n) is 2.40. The molecule has 0 spiro atoms. The molecule has 0 radical (unpaired) electrons. The fourth-order valence-corrected chi connectivity index (χ4v) is 1.99. The molecule has 1 heterocycles. The Morgan fingerprint density at radius 2 is 2.18 bits per heavy atom. The number of primary amides is 1. The summed E-state index contributed by atoms with van der Waals surface area (Å²) in [5.74, 6) is -0.475. The smallest absolute Gasteiger partial charge is 0.247 e. The van der Waals surface area contributed by atoms with E-state index < -0.39 is 5.91 Å². The maximum Gasteiger partial charge on any atom is 0.247 e.